The van der Waals surface area contributed by atoms with E-state index in [1.807, 2.05) is 6.20 Å². The van der Waals surface area contributed by atoms with Gasteiger partial charge in [-0.25, -0.2) is 0 Å². The van der Waals surface area contributed by atoms with E-state index in [0.717, 1.165) is 16.2 Å². The van der Waals surface area contributed by atoms with Gasteiger partial charge in [0.15, 0.2) is 0 Å². The van der Waals surface area contributed by atoms with Crippen molar-refractivity contribution in [3.8, 4) is 0 Å². The summed E-state index contributed by atoms with van der Waals surface area (Å²) >= 11 is 3.37. The van der Waals surface area contributed by atoms with Crippen molar-refractivity contribution in [2.24, 2.45) is 0 Å². The van der Waals surface area contributed by atoms with Crippen LogP contribution in [0.15, 0.2) is 16.7 Å². The van der Waals surface area contributed by atoms with Gasteiger partial charge in [-0.3, -0.25) is 4.98 Å². The molecule has 0 amide bonds. The molecule has 0 saturated carbocycles. The van der Waals surface area contributed by atoms with Crippen LogP contribution in [-0.2, 0) is 0 Å². The van der Waals surface area contributed by atoms with Gasteiger partial charge in [-0.15, -0.1) is 0 Å². The molecule has 1 aromatic rings. The van der Waals surface area contributed by atoms with Crippen LogP contribution < -0.4 is 10.6 Å². The molecule has 10 heavy (non-hydrogen) atoms. The Kier molecular flexibility index (Phi) is 1.34. The Bertz CT molecular complexity index is 367. The maximum absolute atomic E-state index is 4.23. The fourth-order valence-electron chi connectivity index (χ4n) is 1.10. The predicted molar refractivity (Wildman–Crippen MR) is 44.7 cm³/mol. The second kappa shape index (κ2) is 2.20. The summed E-state index contributed by atoms with van der Waals surface area (Å²) in [5, 5.41) is 2.36. The lowest BCUT2D eigenvalue weighted by atomic mass is 10.4. The van der Waals surface area contributed by atoms with Gasteiger partial charge in [0.2, 0.25) is 0 Å². The molecule has 0 aliphatic heterocycles. The molecule has 1 aromatic heterocycles. The summed E-state index contributed by atoms with van der Waals surface area (Å²) in [5.74, 6) is 0. The molecule has 1 nitrogen and oxygen atoms in total. The van der Waals surface area contributed by atoms with Gasteiger partial charge in [0, 0.05) is 10.7 Å². The minimum atomic E-state index is 1.03. The standard InChI is InChI=1S/C8H6BrN/c9-7-4-6-2-1-3-8(6)10-5-7/h2-5H,1H2. The highest BCUT2D eigenvalue weighted by Gasteiger charge is 1.93. The first kappa shape index (κ1) is 6.10. The summed E-state index contributed by atoms with van der Waals surface area (Å²) < 4.78 is 1.05. The van der Waals surface area contributed by atoms with E-state index in [0.29, 0.717) is 0 Å². The van der Waals surface area contributed by atoms with E-state index >= 15 is 0 Å². The van der Waals surface area contributed by atoms with E-state index in [1.54, 1.807) is 0 Å². The second-order valence-corrected chi connectivity index (χ2v) is 3.19. The summed E-state index contributed by atoms with van der Waals surface area (Å²) in [5.41, 5.74) is 0. The van der Waals surface area contributed by atoms with E-state index < -0.39 is 0 Å². The molecule has 2 rings (SSSR count). The summed E-state index contributed by atoms with van der Waals surface area (Å²) in [6.45, 7) is 0. The van der Waals surface area contributed by atoms with Crippen molar-refractivity contribution < 1.29 is 0 Å². The number of halogens is 1. The minimum absolute atomic E-state index is 1.03. The molecule has 0 aromatic carbocycles. The Labute approximate surface area is 67.2 Å². The Balaban J connectivity index is 2.88. The maximum atomic E-state index is 4.23. The zero-order valence-electron chi connectivity index (χ0n) is 5.34. The second-order valence-electron chi connectivity index (χ2n) is 2.27. The van der Waals surface area contributed by atoms with Crippen molar-refractivity contribution in [2.45, 2.75) is 6.42 Å². The molecule has 0 spiro atoms. The molecule has 0 saturated heterocycles. The number of pyridine rings is 1. The van der Waals surface area contributed by atoms with Gasteiger partial charge in [-0.05, 0) is 33.6 Å². The molecule has 0 N–H and O–H groups in total. The van der Waals surface area contributed by atoms with Crippen LogP contribution in [0.4, 0.5) is 0 Å². The molecule has 0 bridgehead atoms. The zero-order valence-corrected chi connectivity index (χ0v) is 6.93. The van der Waals surface area contributed by atoms with Crippen LogP contribution in [0.3, 0.4) is 0 Å². The highest BCUT2D eigenvalue weighted by molar-refractivity contribution is 9.10. The predicted octanol–water partition coefficient (Wildman–Crippen LogP) is 0.809. The van der Waals surface area contributed by atoms with Gasteiger partial charge in [0.25, 0.3) is 0 Å². The maximum Gasteiger partial charge on any atom is 0.0663 e. The lowest BCUT2D eigenvalue weighted by Gasteiger charge is -1.85. The molecule has 1 aliphatic carbocycles. The van der Waals surface area contributed by atoms with Crippen molar-refractivity contribution >= 4 is 28.1 Å². The summed E-state index contributed by atoms with van der Waals surface area (Å²) in [4.78, 5) is 4.23. The SMILES string of the molecule is Brc1cnc2c(c1)=CCC=2. The minimum Gasteiger partial charge on any atom is -0.255 e. The number of aromatic nitrogens is 1. The first-order valence-electron chi connectivity index (χ1n) is 3.18. The van der Waals surface area contributed by atoms with Gasteiger partial charge in [-0.1, -0.05) is 12.2 Å². The van der Waals surface area contributed by atoms with Gasteiger partial charge in [0.05, 0.1) is 5.35 Å². The third-order valence-electron chi connectivity index (χ3n) is 1.57. The van der Waals surface area contributed by atoms with Crippen molar-refractivity contribution in [1.29, 1.82) is 0 Å². The normalized spacial score (nSPS) is 13.7. The molecular weight excluding hydrogens is 190 g/mol. The van der Waals surface area contributed by atoms with E-state index in [9.17, 15) is 0 Å². The van der Waals surface area contributed by atoms with Crippen LogP contribution in [-0.4, -0.2) is 4.98 Å². The molecule has 0 radical (unpaired) electrons. The third kappa shape index (κ3) is 0.886. The first-order valence-corrected chi connectivity index (χ1v) is 3.97. The largest absolute Gasteiger partial charge is 0.255 e. The fraction of sp³-hybridized carbons (Fsp3) is 0.125. The average Bonchev–Trinajstić information content (AvgIpc) is 2.33. The molecule has 1 heterocycles. The number of nitrogens with zero attached hydrogens (tertiary/aromatic N) is 1. The van der Waals surface area contributed by atoms with Crippen LogP contribution in [0.5, 0.6) is 0 Å². The van der Waals surface area contributed by atoms with Crippen LogP contribution in [0, 0.1) is 0 Å². The first-order chi connectivity index (χ1) is 4.86. The van der Waals surface area contributed by atoms with Crippen LogP contribution in [0.25, 0.3) is 12.2 Å². The number of hydrogen-bond donors (Lipinski definition) is 0. The Hall–Kier alpha value is -0.630. The third-order valence-corrected chi connectivity index (χ3v) is 2.00. The van der Waals surface area contributed by atoms with E-state index in [2.05, 4.69) is 39.1 Å². The Morgan fingerprint density at radius 1 is 1.40 bits per heavy atom. The molecule has 50 valence electrons. The Morgan fingerprint density at radius 3 is 3.20 bits per heavy atom. The number of hydrogen-bond acceptors (Lipinski definition) is 1. The van der Waals surface area contributed by atoms with E-state index in [-0.39, 0.29) is 0 Å². The van der Waals surface area contributed by atoms with Gasteiger partial charge >= 0.3 is 0 Å². The van der Waals surface area contributed by atoms with Gasteiger partial charge in [0.1, 0.15) is 0 Å². The topological polar surface area (TPSA) is 12.9 Å². The molecular formula is C8H6BrN. The number of rotatable bonds is 0. The monoisotopic (exact) mass is 195 g/mol. The Morgan fingerprint density at radius 2 is 2.30 bits per heavy atom. The fourth-order valence-corrected chi connectivity index (χ4v) is 1.45. The molecule has 0 atom stereocenters. The lowest BCUT2D eigenvalue weighted by Crippen LogP contribution is -2.24. The van der Waals surface area contributed by atoms with Gasteiger partial charge in [-0.2, -0.15) is 0 Å². The van der Waals surface area contributed by atoms with Crippen LogP contribution in [0.2, 0.25) is 0 Å². The average molecular weight is 196 g/mol. The summed E-state index contributed by atoms with van der Waals surface area (Å²) in [7, 11) is 0. The zero-order chi connectivity index (χ0) is 6.97. The summed E-state index contributed by atoms with van der Waals surface area (Å²) in [6.07, 6.45) is 7.15. The molecule has 1 aliphatic rings. The van der Waals surface area contributed by atoms with Crippen molar-refractivity contribution in [1.82, 2.24) is 4.98 Å². The van der Waals surface area contributed by atoms with Gasteiger partial charge < -0.3 is 0 Å². The highest BCUT2D eigenvalue weighted by Crippen LogP contribution is 2.01. The highest BCUT2D eigenvalue weighted by atomic mass is 79.9. The molecule has 0 fully saturated rings. The lowest BCUT2D eigenvalue weighted by molar-refractivity contribution is 1.21. The van der Waals surface area contributed by atoms with Crippen LogP contribution in [0.1, 0.15) is 6.42 Å². The number of fused-ring (bicyclic) bond motifs is 1. The quantitative estimate of drug-likeness (QED) is 0.598. The van der Waals surface area contributed by atoms with Crippen molar-refractivity contribution in [3.63, 3.8) is 0 Å². The van der Waals surface area contributed by atoms with E-state index in [4.69, 9.17) is 0 Å². The van der Waals surface area contributed by atoms with Crippen LogP contribution >= 0.6 is 15.9 Å². The smallest absolute Gasteiger partial charge is 0.0663 e. The molecule has 2 heteroatoms. The van der Waals surface area contributed by atoms with E-state index in [1.165, 1.54) is 5.22 Å². The van der Waals surface area contributed by atoms with Crippen molar-refractivity contribution in [3.05, 3.63) is 27.3 Å². The van der Waals surface area contributed by atoms with Crippen molar-refractivity contribution in [2.75, 3.05) is 0 Å². The molecule has 0 unspecified atom stereocenters. The summed E-state index contributed by atoms with van der Waals surface area (Å²) in [6, 6.07) is 2.09.